The fourth-order valence-electron chi connectivity index (χ4n) is 3.67. The Balaban J connectivity index is 1.44. The maximum Gasteiger partial charge on any atom is 0.261 e. The van der Waals surface area contributed by atoms with Crippen molar-refractivity contribution in [1.29, 1.82) is 0 Å². The van der Waals surface area contributed by atoms with Crippen molar-refractivity contribution in [2.45, 2.75) is 45.1 Å². The zero-order chi connectivity index (χ0) is 16.5. The molecule has 2 aromatic heterocycles. The fraction of sp³-hybridized carbons (Fsp3) is 0.556. The number of carbonyl (C=O) groups excluding carboxylic acids is 1. The Kier molecular flexibility index (Phi) is 4.41. The van der Waals surface area contributed by atoms with Crippen LogP contribution < -0.4 is 5.32 Å². The molecule has 2 aliphatic rings. The molecule has 1 saturated heterocycles. The van der Waals surface area contributed by atoms with E-state index in [0.717, 1.165) is 35.6 Å². The van der Waals surface area contributed by atoms with Gasteiger partial charge in [0.1, 0.15) is 5.76 Å². The summed E-state index contributed by atoms with van der Waals surface area (Å²) in [4.78, 5) is 13.6. The van der Waals surface area contributed by atoms with E-state index in [9.17, 15) is 4.79 Å². The molecule has 5 nitrogen and oxygen atoms in total. The lowest BCUT2D eigenvalue weighted by Gasteiger charge is -2.19. The van der Waals surface area contributed by atoms with Gasteiger partial charge in [-0.25, -0.2) is 0 Å². The first-order valence-electron chi connectivity index (χ1n) is 8.61. The molecule has 24 heavy (non-hydrogen) atoms. The van der Waals surface area contributed by atoms with Gasteiger partial charge in [0.25, 0.3) is 5.91 Å². The van der Waals surface area contributed by atoms with Gasteiger partial charge in [-0.15, -0.1) is 11.3 Å². The van der Waals surface area contributed by atoms with Crippen LogP contribution in [0.2, 0.25) is 0 Å². The Morgan fingerprint density at radius 2 is 2.25 bits per heavy atom. The second kappa shape index (κ2) is 6.69. The number of nitrogens with one attached hydrogen (secondary N) is 1. The minimum atomic E-state index is 0.0317. The van der Waals surface area contributed by atoms with Crippen LogP contribution in [0.3, 0.4) is 0 Å². The van der Waals surface area contributed by atoms with E-state index in [4.69, 9.17) is 9.26 Å². The van der Waals surface area contributed by atoms with E-state index in [-0.39, 0.29) is 17.9 Å². The monoisotopic (exact) mass is 346 g/mol. The van der Waals surface area contributed by atoms with Gasteiger partial charge in [0.2, 0.25) is 0 Å². The van der Waals surface area contributed by atoms with Crippen LogP contribution in [0.1, 0.15) is 45.1 Å². The Bertz CT molecular complexity index is 736. The predicted octanol–water partition coefficient (Wildman–Crippen LogP) is 2.91. The first-order chi connectivity index (χ1) is 11.7. The summed E-state index contributed by atoms with van der Waals surface area (Å²) in [6, 6.07) is 1.98. The summed E-state index contributed by atoms with van der Waals surface area (Å²) in [6.45, 7) is 3.13. The molecule has 1 aliphatic heterocycles. The van der Waals surface area contributed by atoms with Gasteiger partial charge in [0.15, 0.2) is 0 Å². The second-order valence-electron chi connectivity index (χ2n) is 6.79. The van der Waals surface area contributed by atoms with E-state index < -0.39 is 0 Å². The summed E-state index contributed by atoms with van der Waals surface area (Å²) in [7, 11) is 0. The van der Waals surface area contributed by atoms with Gasteiger partial charge in [0, 0.05) is 18.4 Å². The Labute approximate surface area is 145 Å². The number of aromatic nitrogens is 1. The standard InChI is InChI=1S/C18H22N2O3S/c1-11-6-14(23-20-11)7-13-8-22-9-16(13)19-18(21)17-15-5-3-2-4-12(15)10-24-17/h6,10,13,16H,2-5,7-9H2,1H3,(H,19,21). The van der Waals surface area contributed by atoms with Crippen LogP contribution in [0, 0.1) is 12.8 Å². The second-order valence-corrected chi connectivity index (χ2v) is 7.67. The Morgan fingerprint density at radius 1 is 1.38 bits per heavy atom. The van der Waals surface area contributed by atoms with Gasteiger partial charge in [-0.05, 0) is 49.1 Å². The summed E-state index contributed by atoms with van der Waals surface area (Å²) in [5.41, 5.74) is 3.52. The van der Waals surface area contributed by atoms with E-state index in [2.05, 4.69) is 15.9 Å². The number of fused-ring (bicyclic) bond motifs is 1. The van der Waals surface area contributed by atoms with E-state index in [1.54, 1.807) is 11.3 Å². The topological polar surface area (TPSA) is 64.4 Å². The zero-order valence-electron chi connectivity index (χ0n) is 13.8. The first kappa shape index (κ1) is 15.8. The molecule has 0 aromatic carbocycles. The van der Waals surface area contributed by atoms with E-state index in [0.29, 0.717) is 13.2 Å². The first-order valence-corrected chi connectivity index (χ1v) is 9.48. The largest absolute Gasteiger partial charge is 0.379 e. The SMILES string of the molecule is Cc1cc(CC2COCC2NC(=O)c2scc3c2CCCC3)on1. The van der Waals surface area contributed by atoms with Crippen LogP contribution in [0.4, 0.5) is 0 Å². The lowest BCUT2D eigenvalue weighted by atomic mass is 9.93. The van der Waals surface area contributed by atoms with Crippen LogP contribution in [0.25, 0.3) is 0 Å². The molecule has 0 bridgehead atoms. The van der Waals surface area contributed by atoms with Crippen molar-refractivity contribution in [3.8, 4) is 0 Å². The third-order valence-electron chi connectivity index (χ3n) is 4.96. The molecular formula is C18H22N2O3S. The average molecular weight is 346 g/mol. The maximum atomic E-state index is 12.7. The van der Waals surface area contributed by atoms with E-state index in [1.165, 1.54) is 24.0 Å². The van der Waals surface area contributed by atoms with Gasteiger partial charge >= 0.3 is 0 Å². The number of amides is 1. The van der Waals surface area contributed by atoms with Gasteiger partial charge in [0.05, 0.1) is 29.8 Å². The van der Waals surface area contributed by atoms with Crippen molar-refractivity contribution in [1.82, 2.24) is 10.5 Å². The number of nitrogens with zero attached hydrogens (tertiary/aromatic N) is 1. The van der Waals surface area contributed by atoms with Crippen molar-refractivity contribution in [3.63, 3.8) is 0 Å². The number of thiophene rings is 1. The highest BCUT2D eigenvalue weighted by molar-refractivity contribution is 7.12. The normalized spacial score (nSPS) is 23.2. The van der Waals surface area contributed by atoms with Crippen LogP contribution in [-0.2, 0) is 24.0 Å². The Morgan fingerprint density at radius 3 is 3.08 bits per heavy atom. The van der Waals surface area contributed by atoms with Crippen molar-refractivity contribution >= 4 is 17.2 Å². The lowest BCUT2D eigenvalue weighted by Crippen LogP contribution is -2.40. The number of hydrogen-bond acceptors (Lipinski definition) is 5. The van der Waals surface area contributed by atoms with Gasteiger partial charge in [-0.2, -0.15) is 0 Å². The lowest BCUT2D eigenvalue weighted by molar-refractivity contribution is 0.0927. The smallest absolute Gasteiger partial charge is 0.261 e. The summed E-state index contributed by atoms with van der Waals surface area (Å²) >= 11 is 1.58. The molecule has 2 unspecified atom stereocenters. The van der Waals surface area contributed by atoms with Crippen molar-refractivity contribution in [3.05, 3.63) is 38.9 Å². The minimum Gasteiger partial charge on any atom is -0.379 e. The molecule has 0 saturated carbocycles. The number of ether oxygens (including phenoxy) is 1. The summed E-state index contributed by atoms with van der Waals surface area (Å²) in [5.74, 6) is 1.14. The predicted molar refractivity (Wildman–Crippen MR) is 91.5 cm³/mol. The molecule has 2 aromatic rings. The zero-order valence-corrected chi connectivity index (χ0v) is 14.7. The Hall–Kier alpha value is -1.66. The highest BCUT2D eigenvalue weighted by atomic mass is 32.1. The maximum absolute atomic E-state index is 12.7. The molecule has 1 aliphatic carbocycles. The minimum absolute atomic E-state index is 0.0317. The van der Waals surface area contributed by atoms with Crippen LogP contribution in [0.5, 0.6) is 0 Å². The van der Waals surface area contributed by atoms with Crippen molar-refractivity contribution in [2.24, 2.45) is 5.92 Å². The number of carbonyl (C=O) groups is 1. The number of hydrogen-bond donors (Lipinski definition) is 1. The van der Waals surface area contributed by atoms with Crippen LogP contribution in [-0.4, -0.2) is 30.3 Å². The molecule has 0 radical (unpaired) electrons. The molecule has 1 amide bonds. The van der Waals surface area contributed by atoms with Gasteiger partial charge in [-0.3, -0.25) is 4.79 Å². The number of rotatable bonds is 4. The highest BCUT2D eigenvalue weighted by Gasteiger charge is 2.32. The number of aryl methyl sites for hydroxylation is 2. The third kappa shape index (κ3) is 3.13. The third-order valence-corrected chi connectivity index (χ3v) is 6.03. The van der Waals surface area contributed by atoms with E-state index >= 15 is 0 Å². The van der Waals surface area contributed by atoms with Crippen molar-refractivity contribution < 1.29 is 14.1 Å². The molecule has 0 spiro atoms. The summed E-state index contributed by atoms with van der Waals surface area (Å²) in [6.07, 6.45) is 5.31. The molecule has 4 rings (SSSR count). The van der Waals surface area contributed by atoms with Gasteiger partial charge in [-0.1, -0.05) is 5.16 Å². The molecule has 1 fully saturated rings. The molecule has 2 atom stereocenters. The van der Waals surface area contributed by atoms with Crippen LogP contribution in [0.15, 0.2) is 16.0 Å². The molecule has 3 heterocycles. The molecule has 1 N–H and O–H groups in total. The average Bonchev–Trinajstić information content (AvgIpc) is 3.28. The summed E-state index contributed by atoms with van der Waals surface area (Å²) in [5, 5.41) is 9.28. The quantitative estimate of drug-likeness (QED) is 0.924. The summed E-state index contributed by atoms with van der Waals surface area (Å²) < 4.78 is 10.9. The molecule has 128 valence electrons. The molecule has 6 heteroatoms. The fourth-order valence-corrected chi connectivity index (χ4v) is 4.74. The van der Waals surface area contributed by atoms with E-state index in [1.807, 2.05) is 13.0 Å². The molecular weight excluding hydrogens is 324 g/mol. The van der Waals surface area contributed by atoms with Gasteiger partial charge < -0.3 is 14.6 Å². The van der Waals surface area contributed by atoms with Crippen molar-refractivity contribution in [2.75, 3.05) is 13.2 Å². The highest BCUT2D eigenvalue weighted by Crippen LogP contribution is 2.30. The van der Waals surface area contributed by atoms with Crippen LogP contribution >= 0.6 is 11.3 Å².